The van der Waals surface area contributed by atoms with E-state index >= 15 is 0 Å². The average molecular weight is 296 g/mol. The van der Waals surface area contributed by atoms with Crippen LogP contribution in [0.5, 0.6) is 0 Å². The van der Waals surface area contributed by atoms with Crippen LogP contribution in [0.25, 0.3) is 0 Å². The summed E-state index contributed by atoms with van der Waals surface area (Å²) in [6, 6.07) is -1.13. The van der Waals surface area contributed by atoms with Crippen LogP contribution in [-0.4, -0.2) is 45.0 Å². The van der Waals surface area contributed by atoms with Gasteiger partial charge in [-0.15, -0.1) is 0 Å². The molecular formula is C10H20N2O6S. The van der Waals surface area contributed by atoms with Crippen molar-refractivity contribution in [2.45, 2.75) is 38.8 Å². The lowest BCUT2D eigenvalue weighted by molar-refractivity contribution is -0.143. The number of rotatable bonds is 5. The molecule has 0 aromatic carbocycles. The molecule has 9 heteroatoms. The minimum absolute atomic E-state index is 0.190. The van der Waals surface area contributed by atoms with Crippen LogP contribution in [0, 0.1) is 0 Å². The minimum atomic E-state index is -3.73. The number of hydrogen-bond donors (Lipinski definition) is 2. The van der Waals surface area contributed by atoms with Crippen LogP contribution in [0.15, 0.2) is 0 Å². The quantitative estimate of drug-likeness (QED) is 0.673. The van der Waals surface area contributed by atoms with Crippen molar-refractivity contribution < 1.29 is 27.5 Å². The molecular weight excluding hydrogens is 276 g/mol. The Hall–Kier alpha value is -1.35. The van der Waals surface area contributed by atoms with Crippen LogP contribution < -0.4 is 10.5 Å². The van der Waals surface area contributed by atoms with Gasteiger partial charge in [-0.25, -0.2) is 23.1 Å². The first-order valence-corrected chi connectivity index (χ1v) is 7.24. The summed E-state index contributed by atoms with van der Waals surface area (Å²) in [7, 11) is -2.60. The van der Waals surface area contributed by atoms with E-state index in [2.05, 4.69) is 10.1 Å². The standard InChI is InChI=1S/C10H20N2O6S/c1-10(2,3)18-9(14)12-7(8(13)17-4)5-6-19(11,15)16/h7H,5-6H2,1-4H3,(H,12,14)(H2,11,15,16). The number of ether oxygens (including phenoxy) is 2. The Kier molecular flexibility index (Phi) is 6.23. The van der Waals surface area contributed by atoms with Crippen molar-refractivity contribution in [1.29, 1.82) is 0 Å². The number of alkyl carbamates (subject to hydrolysis) is 1. The van der Waals surface area contributed by atoms with E-state index in [1.54, 1.807) is 20.8 Å². The molecule has 0 heterocycles. The first-order valence-electron chi connectivity index (χ1n) is 5.52. The number of sulfonamides is 1. The first-order chi connectivity index (χ1) is 8.44. The van der Waals surface area contributed by atoms with E-state index in [-0.39, 0.29) is 6.42 Å². The van der Waals surface area contributed by atoms with Crippen molar-refractivity contribution in [1.82, 2.24) is 5.32 Å². The van der Waals surface area contributed by atoms with E-state index in [0.717, 1.165) is 7.11 Å². The lowest BCUT2D eigenvalue weighted by Gasteiger charge is -2.22. The van der Waals surface area contributed by atoms with Crippen LogP contribution >= 0.6 is 0 Å². The molecule has 8 nitrogen and oxygen atoms in total. The zero-order valence-corrected chi connectivity index (χ0v) is 12.2. The number of methoxy groups -OCH3 is 1. The van der Waals surface area contributed by atoms with Gasteiger partial charge in [0.15, 0.2) is 0 Å². The molecule has 0 bridgehead atoms. The monoisotopic (exact) mass is 296 g/mol. The van der Waals surface area contributed by atoms with Gasteiger partial charge in [-0.1, -0.05) is 0 Å². The predicted molar refractivity (Wildman–Crippen MR) is 67.8 cm³/mol. The summed E-state index contributed by atoms with van der Waals surface area (Å²) in [6.07, 6.45) is -1.03. The van der Waals surface area contributed by atoms with Crippen molar-refractivity contribution in [3.05, 3.63) is 0 Å². The number of nitrogens with two attached hydrogens (primary N) is 1. The molecule has 19 heavy (non-hydrogen) atoms. The highest BCUT2D eigenvalue weighted by Gasteiger charge is 2.25. The molecule has 0 spiro atoms. The summed E-state index contributed by atoms with van der Waals surface area (Å²) in [5.41, 5.74) is -0.731. The lowest BCUT2D eigenvalue weighted by Crippen LogP contribution is -2.45. The van der Waals surface area contributed by atoms with Gasteiger partial charge in [0.1, 0.15) is 11.6 Å². The molecule has 0 radical (unpaired) electrons. The third-order valence-corrected chi connectivity index (χ3v) is 2.67. The molecule has 0 aliphatic rings. The van der Waals surface area contributed by atoms with Gasteiger partial charge in [-0.3, -0.25) is 0 Å². The summed E-state index contributed by atoms with van der Waals surface area (Å²) in [6.45, 7) is 4.97. The van der Waals surface area contributed by atoms with Gasteiger partial charge in [0.25, 0.3) is 0 Å². The molecule has 3 N–H and O–H groups in total. The van der Waals surface area contributed by atoms with E-state index in [0.29, 0.717) is 0 Å². The molecule has 1 unspecified atom stereocenters. The molecule has 0 saturated heterocycles. The third-order valence-electron chi connectivity index (χ3n) is 1.87. The molecule has 0 aromatic rings. The molecule has 1 atom stereocenters. The van der Waals surface area contributed by atoms with E-state index in [9.17, 15) is 18.0 Å². The third kappa shape index (κ3) is 9.25. The highest BCUT2D eigenvalue weighted by atomic mass is 32.2. The van der Waals surface area contributed by atoms with Gasteiger partial charge in [0, 0.05) is 0 Å². The fraction of sp³-hybridized carbons (Fsp3) is 0.800. The zero-order valence-electron chi connectivity index (χ0n) is 11.4. The van der Waals surface area contributed by atoms with Gasteiger partial charge in [0.05, 0.1) is 12.9 Å². The lowest BCUT2D eigenvalue weighted by atomic mass is 10.2. The maximum absolute atomic E-state index is 11.5. The number of hydrogen-bond acceptors (Lipinski definition) is 6. The smallest absolute Gasteiger partial charge is 0.408 e. The summed E-state index contributed by atoms with van der Waals surface area (Å²) < 4.78 is 31.1. The summed E-state index contributed by atoms with van der Waals surface area (Å²) >= 11 is 0. The number of carbonyl (C=O) groups excluding carboxylic acids is 2. The fourth-order valence-electron chi connectivity index (χ4n) is 1.12. The number of esters is 1. The van der Waals surface area contributed by atoms with Crippen molar-refractivity contribution in [3.63, 3.8) is 0 Å². The molecule has 0 fully saturated rings. The summed E-state index contributed by atoms with van der Waals surface area (Å²) in [5.74, 6) is -1.22. The number of carbonyl (C=O) groups is 2. The van der Waals surface area contributed by atoms with Gasteiger partial charge in [0.2, 0.25) is 10.0 Å². The Morgan fingerprint density at radius 1 is 1.32 bits per heavy atom. The number of primary sulfonamides is 1. The summed E-state index contributed by atoms with van der Waals surface area (Å²) in [5, 5.41) is 7.08. The molecule has 112 valence electrons. The highest BCUT2D eigenvalue weighted by molar-refractivity contribution is 7.89. The zero-order chi connectivity index (χ0) is 15.3. The Labute approximate surface area is 112 Å². The van der Waals surface area contributed by atoms with Crippen molar-refractivity contribution in [2.24, 2.45) is 5.14 Å². The minimum Gasteiger partial charge on any atom is -0.467 e. The Bertz CT molecular complexity index is 426. The van der Waals surface area contributed by atoms with Gasteiger partial charge < -0.3 is 14.8 Å². The van der Waals surface area contributed by atoms with Crippen LogP contribution in [0.3, 0.4) is 0 Å². The predicted octanol–water partition coefficient (Wildman–Crippen LogP) is -0.269. The second-order valence-electron chi connectivity index (χ2n) is 4.88. The van der Waals surface area contributed by atoms with E-state index < -0.39 is 39.5 Å². The van der Waals surface area contributed by atoms with Crippen molar-refractivity contribution in [2.75, 3.05) is 12.9 Å². The molecule has 0 saturated carbocycles. The Morgan fingerprint density at radius 2 is 1.84 bits per heavy atom. The second-order valence-corrected chi connectivity index (χ2v) is 6.61. The average Bonchev–Trinajstić information content (AvgIpc) is 2.19. The summed E-state index contributed by atoms with van der Waals surface area (Å²) in [4.78, 5) is 22.9. The van der Waals surface area contributed by atoms with Crippen molar-refractivity contribution in [3.8, 4) is 0 Å². The normalized spacial score (nSPS) is 13.5. The van der Waals surface area contributed by atoms with Crippen LogP contribution in [0.2, 0.25) is 0 Å². The maximum Gasteiger partial charge on any atom is 0.408 e. The van der Waals surface area contributed by atoms with Gasteiger partial charge in [-0.05, 0) is 27.2 Å². The van der Waals surface area contributed by atoms with Gasteiger partial charge in [-0.2, -0.15) is 0 Å². The SMILES string of the molecule is COC(=O)C(CCS(N)(=O)=O)NC(=O)OC(C)(C)C. The van der Waals surface area contributed by atoms with Crippen molar-refractivity contribution >= 4 is 22.1 Å². The first kappa shape index (κ1) is 17.6. The second kappa shape index (κ2) is 6.71. The Morgan fingerprint density at radius 3 is 2.21 bits per heavy atom. The van der Waals surface area contributed by atoms with E-state index in [1.807, 2.05) is 0 Å². The van der Waals surface area contributed by atoms with E-state index in [4.69, 9.17) is 9.88 Å². The number of nitrogens with one attached hydrogen (secondary N) is 1. The molecule has 0 rings (SSSR count). The highest BCUT2D eigenvalue weighted by Crippen LogP contribution is 2.07. The largest absolute Gasteiger partial charge is 0.467 e. The van der Waals surface area contributed by atoms with Crippen LogP contribution in [0.4, 0.5) is 4.79 Å². The molecule has 0 aliphatic carbocycles. The molecule has 0 aliphatic heterocycles. The Balaban J connectivity index is 4.61. The fourth-order valence-corrected chi connectivity index (χ4v) is 1.69. The molecule has 1 amide bonds. The molecule has 0 aromatic heterocycles. The maximum atomic E-state index is 11.5. The van der Waals surface area contributed by atoms with Crippen LogP contribution in [-0.2, 0) is 24.3 Å². The van der Waals surface area contributed by atoms with E-state index in [1.165, 1.54) is 0 Å². The van der Waals surface area contributed by atoms with Crippen LogP contribution in [0.1, 0.15) is 27.2 Å². The topological polar surface area (TPSA) is 125 Å². The van der Waals surface area contributed by atoms with Gasteiger partial charge >= 0.3 is 12.1 Å². The number of amides is 1.